The Hall–Kier alpha value is -2.52. The van der Waals surface area contributed by atoms with E-state index >= 15 is 0 Å². The molecular weight excluding hydrogens is 334 g/mol. The smallest absolute Gasteiger partial charge is 0.230 e. The zero-order chi connectivity index (χ0) is 17.7. The Morgan fingerprint density at radius 2 is 2.19 bits per heavy atom. The quantitative estimate of drug-likeness (QED) is 0.728. The van der Waals surface area contributed by atoms with E-state index < -0.39 is 6.10 Å². The number of aliphatic hydroxyl groups is 1. The third kappa shape index (κ3) is 2.82. The number of rotatable bonds is 5. The molecule has 0 aromatic carbocycles. The van der Waals surface area contributed by atoms with Gasteiger partial charge in [-0.05, 0) is 25.0 Å². The van der Waals surface area contributed by atoms with Crippen molar-refractivity contribution >= 4 is 0 Å². The lowest BCUT2D eigenvalue weighted by molar-refractivity contribution is 0.183. The molecule has 0 bridgehead atoms. The summed E-state index contributed by atoms with van der Waals surface area (Å²) in [6, 6.07) is 3.77. The molecule has 0 saturated heterocycles. The summed E-state index contributed by atoms with van der Waals surface area (Å²) in [5.74, 6) is 1.94. The average Bonchev–Trinajstić information content (AvgIpc) is 3.04. The van der Waals surface area contributed by atoms with E-state index in [0.29, 0.717) is 24.0 Å². The number of fused-ring (bicyclic) bond motifs is 1. The van der Waals surface area contributed by atoms with E-state index in [4.69, 9.17) is 4.42 Å². The number of aliphatic hydroxyl groups excluding tert-OH is 1. The third-order valence-corrected chi connectivity index (χ3v) is 5.08. The van der Waals surface area contributed by atoms with Crippen LogP contribution >= 0.6 is 0 Å². The number of hydrogen-bond acceptors (Lipinski definition) is 7. The van der Waals surface area contributed by atoms with Gasteiger partial charge in [-0.15, -0.1) is 10.2 Å². The molecule has 0 unspecified atom stereocenters. The lowest BCUT2D eigenvalue weighted by Crippen LogP contribution is -2.33. The Bertz CT molecular complexity index is 923. The predicted octanol–water partition coefficient (Wildman–Crippen LogP) is 0.974. The Morgan fingerprint density at radius 3 is 2.96 bits per heavy atom. The van der Waals surface area contributed by atoms with Gasteiger partial charge in [-0.2, -0.15) is 10.2 Å². The highest BCUT2D eigenvalue weighted by molar-refractivity contribution is 5.22. The van der Waals surface area contributed by atoms with Crippen molar-refractivity contribution in [2.45, 2.75) is 44.5 Å². The van der Waals surface area contributed by atoms with Crippen LogP contribution in [-0.2, 0) is 26.7 Å². The summed E-state index contributed by atoms with van der Waals surface area (Å²) >= 11 is 0. The fraction of sp³-hybridized carbons (Fsp3) is 0.529. The van der Waals surface area contributed by atoms with Crippen molar-refractivity contribution in [2.24, 2.45) is 7.05 Å². The fourth-order valence-corrected chi connectivity index (χ4v) is 3.43. The van der Waals surface area contributed by atoms with Crippen LogP contribution in [0.25, 0.3) is 0 Å². The first-order chi connectivity index (χ1) is 12.7. The van der Waals surface area contributed by atoms with E-state index in [1.54, 1.807) is 10.9 Å². The molecule has 9 nitrogen and oxygen atoms in total. The molecule has 5 rings (SSSR count). The maximum atomic E-state index is 10.6. The Kier molecular flexibility index (Phi) is 3.64. The van der Waals surface area contributed by atoms with E-state index in [1.807, 2.05) is 23.9 Å². The standard InChI is InChI=1S/C17H21N7O2/c1-22-14(4-5-18-22)16(25)13-8-12-9-23(6-7-24(12)21-13)10-15-19-20-17(26-15)11-2-3-11/h4-5,8,11,16,25H,2-3,6-7,9-10H2,1H3/t16-/m1/s1. The van der Waals surface area contributed by atoms with Crippen molar-refractivity contribution in [1.82, 2.24) is 34.7 Å². The van der Waals surface area contributed by atoms with Gasteiger partial charge in [-0.25, -0.2) is 0 Å². The normalized spacial score (nSPS) is 18.8. The summed E-state index contributed by atoms with van der Waals surface area (Å²) in [5.41, 5.74) is 2.46. The summed E-state index contributed by atoms with van der Waals surface area (Å²) < 4.78 is 9.40. The third-order valence-electron chi connectivity index (χ3n) is 5.08. The second-order valence-corrected chi connectivity index (χ2v) is 7.08. The predicted molar refractivity (Wildman–Crippen MR) is 89.9 cm³/mol. The maximum absolute atomic E-state index is 10.6. The molecule has 4 heterocycles. The number of hydrogen-bond donors (Lipinski definition) is 1. The molecule has 0 radical (unpaired) electrons. The lowest BCUT2D eigenvalue weighted by Gasteiger charge is -2.25. The molecule has 136 valence electrons. The zero-order valence-electron chi connectivity index (χ0n) is 14.6. The van der Waals surface area contributed by atoms with Gasteiger partial charge < -0.3 is 9.52 Å². The second kappa shape index (κ2) is 6.03. The van der Waals surface area contributed by atoms with Crippen LogP contribution in [0.2, 0.25) is 0 Å². The molecule has 1 N–H and O–H groups in total. The Morgan fingerprint density at radius 1 is 1.31 bits per heavy atom. The van der Waals surface area contributed by atoms with Gasteiger partial charge in [0.15, 0.2) is 0 Å². The van der Waals surface area contributed by atoms with Crippen molar-refractivity contribution < 1.29 is 9.52 Å². The Labute approximate surface area is 150 Å². The molecule has 0 amide bonds. The van der Waals surface area contributed by atoms with Crippen molar-refractivity contribution in [1.29, 1.82) is 0 Å². The molecule has 1 aliphatic heterocycles. The largest absolute Gasteiger partial charge is 0.424 e. The van der Waals surface area contributed by atoms with Crippen LogP contribution in [0, 0.1) is 0 Å². The van der Waals surface area contributed by atoms with Crippen LogP contribution in [0.1, 0.15) is 53.7 Å². The van der Waals surface area contributed by atoms with Crippen molar-refractivity contribution in [3.63, 3.8) is 0 Å². The van der Waals surface area contributed by atoms with Crippen LogP contribution in [0.5, 0.6) is 0 Å². The van der Waals surface area contributed by atoms with E-state index in [0.717, 1.165) is 49.8 Å². The highest BCUT2D eigenvalue weighted by atomic mass is 16.4. The molecule has 1 atom stereocenters. The highest BCUT2D eigenvalue weighted by Gasteiger charge is 2.30. The van der Waals surface area contributed by atoms with Crippen molar-refractivity contribution in [2.75, 3.05) is 6.54 Å². The first-order valence-corrected chi connectivity index (χ1v) is 8.94. The minimum atomic E-state index is -0.772. The van der Waals surface area contributed by atoms with Crippen LogP contribution in [0.3, 0.4) is 0 Å². The summed E-state index contributed by atoms with van der Waals surface area (Å²) in [5, 5.41) is 27.6. The molecular formula is C17H21N7O2. The van der Waals surface area contributed by atoms with Crippen LogP contribution in [0.4, 0.5) is 0 Å². The van der Waals surface area contributed by atoms with Crippen LogP contribution in [-0.4, -0.2) is 46.3 Å². The van der Waals surface area contributed by atoms with E-state index in [9.17, 15) is 5.11 Å². The van der Waals surface area contributed by atoms with Crippen LogP contribution in [0.15, 0.2) is 22.7 Å². The molecule has 3 aromatic heterocycles. The van der Waals surface area contributed by atoms with Gasteiger partial charge in [0.1, 0.15) is 6.10 Å². The second-order valence-electron chi connectivity index (χ2n) is 7.08. The van der Waals surface area contributed by atoms with E-state index in [2.05, 4.69) is 25.3 Å². The molecule has 1 fully saturated rings. The number of aromatic nitrogens is 6. The van der Waals surface area contributed by atoms with Crippen molar-refractivity contribution in [3.8, 4) is 0 Å². The summed E-state index contributed by atoms with van der Waals surface area (Å²) in [7, 11) is 1.82. The lowest BCUT2D eigenvalue weighted by atomic mass is 10.1. The molecule has 2 aliphatic rings. The van der Waals surface area contributed by atoms with Gasteiger partial charge >= 0.3 is 0 Å². The van der Waals surface area contributed by atoms with Gasteiger partial charge in [0.2, 0.25) is 11.8 Å². The molecule has 3 aromatic rings. The van der Waals surface area contributed by atoms with Gasteiger partial charge in [0.25, 0.3) is 0 Å². The fourth-order valence-electron chi connectivity index (χ4n) is 3.43. The first kappa shape index (κ1) is 15.7. The summed E-state index contributed by atoms with van der Waals surface area (Å²) in [4.78, 5) is 2.27. The summed E-state index contributed by atoms with van der Waals surface area (Å²) in [6.45, 7) is 3.02. The number of aryl methyl sites for hydroxylation is 1. The van der Waals surface area contributed by atoms with Crippen molar-refractivity contribution in [3.05, 3.63) is 47.2 Å². The first-order valence-electron chi connectivity index (χ1n) is 8.94. The maximum Gasteiger partial charge on any atom is 0.230 e. The van der Waals surface area contributed by atoms with E-state index in [1.165, 1.54) is 0 Å². The highest BCUT2D eigenvalue weighted by Crippen LogP contribution is 2.39. The molecule has 26 heavy (non-hydrogen) atoms. The molecule has 0 spiro atoms. The van der Waals surface area contributed by atoms with Gasteiger partial charge in [-0.1, -0.05) is 0 Å². The summed E-state index contributed by atoms with van der Waals surface area (Å²) in [6.07, 6.45) is 3.22. The van der Waals surface area contributed by atoms with E-state index in [-0.39, 0.29) is 0 Å². The molecule has 1 saturated carbocycles. The monoisotopic (exact) mass is 355 g/mol. The number of nitrogens with zero attached hydrogens (tertiary/aromatic N) is 7. The van der Waals surface area contributed by atoms with Gasteiger partial charge in [-0.3, -0.25) is 14.3 Å². The van der Waals surface area contributed by atoms with Gasteiger partial charge in [0.05, 0.1) is 30.2 Å². The van der Waals surface area contributed by atoms with Crippen LogP contribution < -0.4 is 0 Å². The SMILES string of the molecule is Cn1nccc1[C@H](O)c1cc2n(n1)CCN(Cc1nnc(C3CC3)o1)C2. The van der Waals surface area contributed by atoms with Gasteiger partial charge in [0, 0.05) is 32.3 Å². The topological polar surface area (TPSA) is 98.0 Å². The molecule has 1 aliphatic carbocycles. The zero-order valence-corrected chi connectivity index (χ0v) is 14.6. The average molecular weight is 355 g/mol. The minimum absolute atomic E-state index is 0.482. The Balaban J connectivity index is 1.29. The molecule has 9 heteroatoms. The minimum Gasteiger partial charge on any atom is -0.424 e.